The number of aryl methyl sites for hydroxylation is 1. The van der Waals surface area contributed by atoms with Gasteiger partial charge in [-0.1, -0.05) is 39.8 Å². The van der Waals surface area contributed by atoms with E-state index in [9.17, 15) is 4.79 Å². The molecule has 0 radical (unpaired) electrons. The van der Waals surface area contributed by atoms with Gasteiger partial charge in [-0.2, -0.15) is 0 Å². The SMILES string of the molecule is Cc1cccc(C(=O)NCC(C(C)C)C(C)C)c1Br. The van der Waals surface area contributed by atoms with Crippen LogP contribution in [-0.2, 0) is 0 Å². The van der Waals surface area contributed by atoms with Crippen LogP contribution in [0.3, 0.4) is 0 Å². The van der Waals surface area contributed by atoms with Gasteiger partial charge in [-0.25, -0.2) is 0 Å². The second-order valence-electron chi connectivity index (χ2n) is 5.80. The molecule has 0 saturated heterocycles. The molecule has 0 aromatic heterocycles. The average molecular weight is 326 g/mol. The zero-order valence-electron chi connectivity index (χ0n) is 12.5. The van der Waals surface area contributed by atoms with E-state index in [4.69, 9.17) is 0 Å². The first-order valence-corrected chi connectivity index (χ1v) is 7.67. The smallest absolute Gasteiger partial charge is 0.252 e. The van der Waals surface area contributed by atoms with E-state index in [0.29, 0.717) is 23.3 Å². The second kappa shape index (κ2) is 7.09. The number of hydrogen-bond donors (Lipinski definition) is 1. The van der Waals surface area contributed by atoms with Gasteiger partial charge >= 0.3 is 0 Å². The van der Waals surface area contributed by atoms with Crippen molar-refractivity contribution in [3.63, 3.8) is 0 Å². The number of amides is 1. The molecule has 2 nitrogen and oxygen atoms in total. The Labute approximate surface area is 125 Å². The van der Waals surface area contributed by atoms with Crippen molar-refractivity contribution in [1.29, 1.82) is 0 Å². The predicted molar refractivity (Wildman–Crippen MR) is 84.4 cm³/mol. The average Bonchev–Trinajstić information content (AvgIpc) is 2.31. The second-order valence-corrected chi connectivity index (χ2v) is 6.59. The van der Waals surface area contributed by atoms with Gasteiger partial charge < -0.3 is 5.32 Å². The first kappa shape index (κ1) is 16.2. The Morgan fingerprint density at radius 2 is 1.79 bits per heavy atom. The summed E-state index contributed by atoms with van der Waals surface area (Å²) in [6, 6.07) is 5.76. The van der Waals surface area contributed by atoms with Crippen molar-refractivity contribution < 1.29 is 4.79 Å². The number of nitrogens with one attached hydrogen (secondary N) is 1. The first-order chi connectivity index (χ1) is 8.84. The molecule has 0 fully saturated rings. The van der Waals surface area contributed by atoms with Gasteiger partial charge in [0.2, 0.25) is 0 Å². The Balaban J connectivity index is 2.72. The van der Waals surface area contributed by atoms with E-state index in [1.807, 2.05) is 25.1 Å². The van der Waals surface area contributed by atoms with Gasteiger partial charge in [-0.3, -0.25) is 4.79 Å². The van der Waals surface area contributed by atoms with E-state index in [-0.39, 0.29) is 5.91 Å². The Morgan fingerprint density at radius 3 is 2.32 bits per heavy atom. The van der Waals surface area contributed by atoms with Crippen LogP contribution in [0.25, 0.3) is 0 Å². The molecule has 1 amide bonds. The number of halogens is 1. The Bertz CT molecular complexity index is 432. The van der Waals surface area contributed by atoms with Gasteiger partial charge in [0.15, 0.2) is 0 Å². The number of carbonyl (C=O) groups excluding carboxylic acids is 1. The molecular formula is C16H24BrNO. The Kier molecular flexibility index (Phi) is 6.05. The van der Waals surface area contributed by atoms with Gasteiger partial charge in [0.25, 0.3) is 5.91 Å². The molecule has 0 aliphatic rings. The van der Waals surface area contributed by atoms with Crippen LogP contribution in [-0.4, -0.2) is 12.5 Å². The molecule has 0 aliphatic carbocycles. The highest BCUT2D eigenvalue weighted by molar-refractivity contribution is 9.10. The number of hydrogen-bond acceptors (Lipinski definition) is 1. The fourth-order valence-electron chi connectivity index (χ4n) is 2.37. The van der Waals surface area contributed by atoms with Crippen molar-refractivity contribution in [2.45, 2.75) is 34.6 Å². The fourth-order valence-corrected chi connectivity index (χ4v) is 2.81. The molecule has 0 unspecified atom stereocenters. The highest BCUT2D eigenvalue weighted by atomic mass is 79.9. The molecule has 0 atom stereocenters. The van der Waals surface area contributed by atoms with Gasteiger partial charge in [0, 0.05) is 11.0 Å². The molecule has 1 rings (SSSR count). The summed E-state index contributed by atoms with van der Waals surface area (Å²) >= 11 is 3.48. The van der Waals surface area contributed by atoms with Crippen molar-refractivity contribution in [3.05, 3.63) is 33.8 Å². The highest BCUT2D eigenvalue weighted by Crippen LogP contribution is 2.22. The minimum Gasteiger partial charge on any atom is -0.352 e. The molecule has 0 spiro atoms. The predicted octanol–water partition coefficient (Wildman–Crippen LogP) is 4.42. The van der Waals surface area contributed by atoms with E-state index in [1.165, 1.54) is 0 Å². The molecule has 0 aliphatic heterocycles. The topological polar surface area (TPSA) is 29.1 Å². The zero-order valence-corrected chi connectivity index (χ0v) is 14.0. The van der Waals surface area contributed by atoms with Gasteiger partial charge in [-0.15, -0.1) is 0 Å². The normalized spacial score (nSPS) is 11.4. The van der Waals surface area contributed by atoms with E-state index in [0.717, 1.165) is 16.6 Å². The van der Waals surface area contributed by atoms with Crippen molar-refractivity contribution >= 4 is 21.8 Å². The number of rotatable bonds is 5. The molecule has 1 aromatic carbocycles. The third-order valence-corrected chi connectivity index (χ3v) is 4.70. The van der Waals surface area contributed by atoms with Crippen molar-refractivity contribution in [2.75, 3.05) is 6.54 Å². The van der Waals surface area contributed by atoms with Crippen molar-refractivity contribution in [2.24, 2.45) is 17.8 Å². The van der Waals surface area contributed by atoms with E-state index >= 15 is 0 Å². The van der Waals surface area contributed by atoms with E-state index < -0.39 is 0 Å². The highest BCUT2D eigenvalue weighted by Gasteiger charge is 2.19. The molecule has 3 heteroatoms. The number of benzene rings is 1. The lowest BCUT2D eigenvalue weighted by atomic mass is 9.85. The molecule has 1 aromatic rings. The quantitative estimate of drug-likeness (QED) is 0.853. The Hall–Kier alpha value is -0.830. The van der Waals surface area contributed by atoms with E-state index in [1.54, 1.807) is 0 Å². The van der Waals surface area contributed by atoms with Crippen LogP contribution in [0.5, 0.6) is 0 Å². The Morgan fingerprint density at radius 1 is 1.21 bits per heavy atom. The molecule has 0 bridgehead atoms. The van der Waals surface area contributed by atoms with Crippen LogP contribution in [0.2, 0.25) is 0 Å². The van der Waals surface area contributed by atoms with Crippen LogP contribution in [0.4, 0.5) is 0 Å². The third-order valence-electron chi connectivity index (χ3n) is 3.65. The minimum absolute atomic E-state index is 0.00174. The lowest BCUT2D eigenvalue weighted by molar-refractivity contribution is 0.0936. The summed E-state index contributed by atoms with van der Waals surface area (Å²) < 4.78 is 0.887. The van der Waals surface area contributed by atoms with Crippen LogP contribution in [0.1, 0.15) is 43.6 Å². The molecule has 0 saturated carbocycles. The summed E-state index contributed by atoms with van der Waals surface area (Å²) in [5, 5.41) is 3.06. The summed E-state index contributed by atoms with van der Waals surface area (Å²) in [7, 11) is 0. The van der Waals surface area contributed by atoms with Gasteiger partial charge in [-0.05, 0) is 52.2 Å². The van der Waals surface area contributed by atoms with Crippen LogP contribution < -0.4 is 5.32 Å². The maximum absolute atomic E-state index is 12.2. The summed E-state index contributed by atoms with van der Waals surface area (Å²) in [5.74, 6) is 1.65. The molecule has 106 valence electrons. The molecular weight excluding hydrogens is 302 g/mol. The lowest BCUT2D eigenvalue weighted by Crippen LogP contribution is -2.34. The lowest BCUT2D eigenvalue weighted by Gasteiger charge is -2.25. The summed E-state index contributed by atoms with van der Waals surface area (Å²) in [4.78, 5) is 12.2. The van der Waals surface area contributed by atoms with Crippen LogP contribution >= 0.6 is 15.9 Å². The summed E-state index contributed by atoms with van der Waals surface area (Å²) in [6.45, 7) is 11.6. The molecule has 0 heterocycles. The largest absolute Gasteiger partial charge is 0.352 e. The first-order valence-electron chi connectivity index (χ1n) is 6.87. The fraction of sp³-hybridized carbons (Fsp3) is 0.562. The van der Waals surface area contributed by atoms with Crippen LogP contribution in [0, 0.1) is 24.7 Å². The molecule has 1 N–H and O–H groups in total. The summed E-state index contributed by atoms with van der Waals surface area (Å²) in [5.41, 5.74) is 1.79. The minimum atomic E-state index is 0.00174. The third kappa shape index (κ3) is 4.34. The standard InChI is InChI=1S/C16H24BrNO/c1-10(2)14(11(3)4)9-18-16(19)13-8-6-7-12(5)15(13)17/h6-8,10-11,14H,9H2,1-5H3,(H,18,19). The maximum atomic E-state index is 12.2. The van der Waals surface area contributed by atoms with Crippen molar-refractivity contribution in [1.82, 2.24) is 5.32 Å². The monoisotopic (exact) mass is 325 g/mol. The van der Waals surface area contributed by atoms with Crippen molar-refractivity contribution in [3.8, 4) is 0 Å². The van der Waals surface area contributed by atoms with E-state index in [2.05, 4.69) is 48.9 Å². The van der Waals surface area contributed by atoms with Gasteiger partial charge in [0.05, 0.1) is 5.56 Å². The van der Waals surface area contributed by atoms with Gasteiger partial charge in [0.1, 0.15) is 0 Å². The summed E-state index contributed by atoms with van der Waals surface area (Å²) in [6.07, 6.45) is 0. The molecule has 19 heavy (non-hydrogen) atoms. The maximum Gasteiger partial charge on any atom is 0.252 e. The number of carbonyl (C=O) groups is 1. The van der Waals surface area contributed by atoms with Crippen LogP contribution in [0.15, 0.2) is 22.7 Å². The zero-order chi connectivity index (χ0) is 14.6.